The van der Waals surface area contributed by atoms with E-state index in [1.807, 2.05) is 13.8 Å². The Morgan fingerprint density at radius 2 is 1.91 bits per heavy atom. The number of nitrogens with one attached hydrogen (secondary N) is 1. The summed E-state index contributed by atoms with van der Waals surface area (Å²) in [6.45, 7) is 7.46. The summed E-state index contributed by atoms with van der Waals surface area (Å²) >= 11 is 0. The Hall–Kier alpha value is -2.65. The summed E-state index contributed by atoms with van der Waals surface area (Å²) in [4.78, 5) is 38.5. The molecule has 4 atom stereocenters. The molecular weight excluding hydrogens is 426 g/mol. The number of rotatable bonds is 10. The van der Waals surface area contributed by atoms with Gasteiger partial charge in [0, 0.05) is 19.5 Å². The van der Waals surface area contributed by atoms with Gasteiger partial charge in [-0.15, -0.1) is 0 Å². The molecule has 0 bridgehead atoms. The highest BCUT2D eigenvalue weighted by atomic mass is 16.5. The van der Waals surface area contributed by atoms with Crippen LogP contribution < -0.4 is 20.7 Å². The molecule has 5 N–H and O–H groups in total. The van der Waals surface area contributed by atoms with Gasteiger partial charge in [-0.25, -0.2) is 0 Å². The van der Waals surface area contributed by atoms with Crippen LogP contribution in [-0.2, 0) is 14.4 Å². The van der Waals surface area contributed by atoms with Gasteiger partial charge in [-0.05, 0) is 36.3 Å². The second-order valence-corrected chi connectivity index (χ2v) is 9.89. The second-order valence-electron chi connectivity index (χ2n) is 9.89. The third-order valence-corrected chi connectivity index (χ3v) is 6.14. The van der Waals surface area contributed by atoms with E-state index in [9.17, 15) is 24.6 Å². The van der Waals surface area contributed by atoms with Gasteiger partial charge >= 0.3 is 5.97 Å². The summed E-state index contributed by atoms with van der Waals surface area (Å²) in [5.74, 6) is -1.82. The van der Waals surface area contributed by atoms with E-state index in [-0.39, 0.29) is 37.1 Å². The molecule has 0 radical (unpaired) electrons. The number of nitrogens with zero attached hydrogens (tertiary/aromatic N) is 1. The van der Waals surface area contributed by atoms with E-state index in [0.717, 1.165) is 0 Å². The third kappa shape index (κ3) is 6.91. The van der Waals surface area contributed by atoms with Crippen molar-refractivity contribution in [3.63, 3.8) is 0 Å². The van der Waals surface area contributed by atoms with Crippen LogP contribution in [0.5, 0.6) is 5.75 Å². The van der Waals surface area contributed by atoms with Gasteiger partial charge in [0.05, 0.1) is 24.3 Å². The highest BCUT2D eigenvalue weighted by molar-refractivity contribution is 5.97. The molecular formula is C24H37N3O6. The van der Waals surface area contributed by atoms with Crippen molar-refractivity contribution in [1.29, 1.82) is 0 Å². The van der Waals surface area contributed by atoms with Crippen LogP contribution in [0.4, 0.5) is 5.69 Å². The molecule has 9 nitrogen and oxygen atoms in total. The predicted octanol–water partition coefficient (Wildman–Crippen LogP) is 1.77. The van der Waals surface area contributed by atoms with Gasteiger partial charge in [0.15, 0.2) is 6.10 Å². The van der Waals surface area contributed by atoms with Crippen molar-refractivity contribution in [2.75, 3.05) is 18.5 Å². The quantitative estimate of drug-likeness (QED) is 0.414. The zero-order valence-corrected chi connectivity index (χ0v) is 20.1. The standard InChI is InChI=1S/C24H37N3O6/c1-14(2)15(23(31)32)10-18(28)16(25)11-24(3,4)12-21(29)27-13-20(22(30)26-5)33-19-9-7-6-8-17(19)27/h6-9,14-16,18,20,28H,10-13,25H2,1-5H3,(H,26,30)(H,31,32)/t15?,16?,18?,20-/m0/s1. The number of ether oxygens (including phenoxy) is 1. The van der Waals surface area contributed by atoms with Crippen molar-refractivity contribution in [1.82, 2.24) is 5.32 Å². The number of aliphatic carboxylic acids is 1. The number of para-hydroxylation sites is 2. The maximum absolute atomic E-state index is 13.3. The molecule has 2 rings (SSSR count). The minimum absolute atomic E-state index is 0.0584. The SMILES string of the molecule is CNC(=O)[C@@H]1CN(C(=O)CC(C)(C)CC(N)C(O)CC(C(=O)O)C(C)C)c2ccccc2O1. The fourth-order valence-corrected chi connectivity index (χ4v) is 4.21. The number of carbonyl (C=O) groups excluding carboxylic acids is 2. The van der Waals surface area contributed by atoms with Crippen molar-refractivity contribution in [3.8, 4) is 5.75 Å². The number of carboxylic acid groups (broad SMARTS) is 1. The molecule has 9 heteroatoms. The molecule has 0 aromatic heterocycles. The predicted molar refractivity (Wildman–Crippen MR) is 125 cm³/mol. The number of likely N-dealkylation sites (N-methyl/N-ethyl adjacent to an activating group) is 1. The normalized spacial score (nSPS) is 18.7. The molecule has 0 aliphatic carbocycles. The number of amides is 2. The average molecular weight is 464 g/mol. The molecule has 0 saturated carbocycles. The number of nitrogens with two attached hydrogens (primary N) is 1. The average Bonchev–Trinajstić information content (AvgIpc) is 2.74. The van der Waals surface area contributed by atoms with Crippen molar-refractivity contribution >= 4 is 23.5 Å². The topological polar surface area (TPSA) is 142 Å². The minimum atomic E-state index is -0.996. The Morgan fingerprint density at radius 1 is 1.27 bits per heavy atom. The second kappa shape index (κ2) is 11.0. The van der Waals surface area contributed by atoms with E-state index in [4.69, 9.17) is 10.5 Å². The number of hydrogen-bond acceptors (Lipinski definition) is 6. The Labute approximate surface area is 195 Å². The number of carboxylic acids is 1. The largest absolute Gasteiger partial charge is 0.481 e. The van der Waals surface area contributed by atoms with Crippen molar-refractivity contribution < 1.29 is 29.3 Å². The number of carbonyl (C=O) groups is 3. The van der Waals surface area contributed by atoms with E-state index in [2.05, 4.69) is 5.32 Å². The number of aliphatic hydroxyl groups excluding tert-OH is 1. The van der Waals surface area contributed by atoms with Gasteiger partial charge in [0.2, 0.25) is 5.91 Å². The summed E-state index contributed by atoms with van der Waals surface area (Å²) in [5.41, 5.74) is 6.26. The van der Waals surface area contributed by atoms with Crippen LogP contribution >= 0.6 is 0 Å². The van der Waals surface area contributed by atoms with Gasteiger partial charge in [0.25, 0.3) is 5.91 Å². The van der Waals surface area contributed by atoms with E-state index in [1.54, 1.807) is 43.0 Å². The number of fused-ring (bicyclic) bond motifs is 1. The van der Waals surface area contributed by atoms with Gasteiger partial charge in [0.1, 0.15) is 5.75 Å². The molecule has 0 fully saturated rings. The van der Waals surface area contributed by atoms with Crippen molar-refractivity contribution in [2.45, 2.75) is 65.2 Å². The molecule has 1 aliphatic rings. The van der Waals surface area contributed by atoms with Gasteiger partial charge in [-0.1, -0.05) is 39.8 Å². The first kappa shape index (κ1) is 26.6. The summed E-state index contributed by atoms with van der Waals surface area (Å²) in [5, 5.41) is 22.5. The fraction of sp³-hybridized carbons (Fsp3) is 0.625. The molecule has 184 valence electrons. The summed E-state index contributed by atoms with van der Waals surface area (Å²) < 4.78 is 5.76. The Kier molecular flexibility index (Phi) is 8.85. The molecule has 1 heterocycles. The first-order valence-corrected chi connectivity index (χ1v) is 11.3. The van der Waals surface area contributed by atoms with Crippen LogP contribution in [0.15, 0.2) is 24.3 Å². The van der Waals surface area contributed by atoms with Crippen LogP contribution in [0.3, 0.4) is 0 Å². The van der Waals surface area contributed by atoms with E-state index >= 15 is 0 Å². The molecule has 0 spiro atoms. The Balaban J connectivity index is 2.09. The zero-order chi connectivity index (χ0) is 24.9. The highest BCUT2D eigenvalue weighted by Gasteiger charge is 2.37. The number of benzene rings is 1. The van der Waals surface area contributed by atoms with E-state index < -0.39 is 35.6 Å². The van der Waals surface area contributed by atoms with Gasteiger partial charge < -0.3 is 30.9 Å². The van der Waals surface area contributed by atoms with Crippen LogP contribution in [0.1, 0.15) is 47.0 Å². The Bertz CT molecular complexity index is 856. The number of anilines is 1. The molecule has 0 saturated heterocycles. The molecule has 1 aliphatic heterocycles. The zero-order valence-electron chi connectivity index (χ0n) is 20.1. The monoisotopic (exact) mass is 463 g/mol. The van der Waals surface area contributed by atoms with Gasteiger partial charge in [-0.2, -0.15) is 0 Å². The maximum atomic E-state index is 13.3. The fourth-order valence-electron chi connectivity index (χ4n) is 4.21. The van der Waals surface area contributed by atoms with Crippen LogP contribution in [0.25, 0.3) is 0 Å². The first-order valence-electron chi connectivity index (χ1n) is 11.3. The summed E-state index contributed by atoms with van der Waals surface area (Å²) in [6.07, 6.45) is -1.29. The molecule has 2 amide bonds. The van der Waals surface area contributed by atoms with Gasteiger partial charge in [-0.3, -0.25) is 14.4 Å². The third-order valence-electron chi connectivity index (χ3n) is 6.14. The molecule has 1 aromatic rings. The lowest BCUT2D eigenvalue weighted by Gasteiger charge is -2.37. The van der Waals surface area contributed by atoms with Crippen molar-refractivity contribution in [2.24, 2.45) is 23.0 Å². The van der Waals surface area contributed by atoms with Crippen LogP contribution in [0.2, 0.25) is 0 Å². The Morgan fingerprint density at radius 3 is 2.48 bits per heavy atom. The minimum Gasteiger partial charge on any atom is -0.481 e. The maximum Gasteiger partial charge on any atom is 0.306 e. The summed E-state index contributed by atoms with van der Waals surface area (Å²) in [7, 11) is 1.52. The smallest absolute Gasteiger partial charge is 0.306 e. The number of hydrogen-bond donors (Lipinski definition) is 4. The van der Waals surface area contributed by atoms with Crippen LogP contribution in [0, 0.1) is 17.3 Å². The molecule has 3 unspecified atom stereocenters. The molecule has 1 aromatic carbocycles. The highest BCUT2D eigenvalue weighted by Crippen LogP contribution is 2.36. The van der Waals surface area contributed by atoms with E-state index in [0.29, 0.717) is 17.9 Å². The first-order chi connectivity index (χ1) is 15.4. The number of aliphatic hydroxyl groups is 1. The lowest BCUT2D eigenvalue weighted by Crippen LogP contribution is -2.51. The lowest BCUT2D eigenvalue weighted by atomic mass is 9.79. The van der Waals surface area contributed by atoms with Crippen molar-refractivity contribution in [3.05, 3.63) is 24.3 Å². The lowest BCUT2D eigenvalue weighted by molar-refractivity contribution is -0.144. The van der Waals surface area contributed by atoms with Crippen LogP contribution in [-0.4, -0.2) is 59.8 Å². The summed E-state index contributed by atoms with van der Waals surface area (Å²) in [6, 6.07) is 6.39. The van der Waals surface area contributed by atoms with E-state index in [1.165, 1.54) is 7.05 Å². The molecule has 33 heavy (non-hydrogen) atoms.